The number of allylic oxidation sites excluding steroid dienone is 2. The van der Waals surface area contributed by atoms with Crippen LogP contribution in [-0.4, -0.2) is 22.2 Å². The van der Waals surface area contributed by atoms with Gasteiger partial charge in [-0.1, -0.05) is 62.2 Å². The molecule has 25 heavy (non-hydrogen) atoms. The zero-order chi connectivity index (χ0) is 18.8. The van der Waals surface area contributed by atoms with E-state index in [4.69, 9.17) is 0 Å². The van der Waals surface area contributed by atoms with Crippen LogP contribution >= 0.6 is 0 Å². The van der Waals surface area contributed by atoms with Crippen LogP contribution < -0.4 is 0 Å². The number of carboxylic acid groups (broad SMARTS) is 2. The summed E-state index contributed by atoms with van der Waals surface area (Å²) in [5, 5.41) is 19.8. The number of carboxylic acids is 2. The number of hydrogen-bond donors (Lipinski definition) is 2. The smallest absolute Gasteiger partial charge is 0.333 e. The first-order chi connectivity index (χ1) is 11.5. The van der Waals surface area contributed by atoms with E-state index < -0.39 is 28.2 Å². The second-order valence-corrected chi connectivity index (χ2v) is 7.85. The standard InChI is InChI=1S/C21H24O4/c1-12-13(2)21(5)16(18(24)25)15(17(22)23)20(12,4)19(21,3)11-14-9-7-6-8-10-14/h6-10H,11H2,1-5H3,(H,22,23)(H,24,25). The number of fused-ring (bicyclic) bond motifs is 2. The molecule has 0 spiro atoms. The largest absolute Gasteiger partial charge is 0.478 e. The van der Waals surface area contributed by atoms with Gasteiger partial charge in [-0.15, -0.1) is 0 Å². The van der Waals surface area contributed by atoms with Crippen LogP contribution in [0.15, 0.2) is 52.6 Å². The quantitative estimate of drug-likeness (QED) is 0.810. The maximum Gasteiger partial charge on any atom is 0.333 e. The molecule has 2 unspecified atom stereocenters. The molecule has 0 aliphatic heterocycles. The SMILES string of the molecule is CC1=C(C)C2(C)C(C(=O)O)=C(C(=O)O)C1(C)C2(C)Cc1ccccc1. The highest BCUT2D eigenvalue weighted by Gasteiger charge is 2.73. The molecule has 1 aromatic carbocycles. The summed E-state index contributed by atoms with van der Waals surface area (Å²) in [6, 6.07) is 9.88. The Kier molecular flexibility index (Phi) is 3.54. The molecule has 2 aliphatic rings. The minimum absolute atomic E-state index is 0.0454. The molecule has 0 amide bonds. The number of carbonyl (C=O) groups is 2. The van der Waals surface area contributed by atoms with Crippen molar-refractivity contribution in [3.63, 3.8) is 0 Å². The monoisotopic (exact) mass is 340 g/mol. The molecule has 0 radical (unpaired) electrons. The summed E-state index contributed by atoms with van der Waals surface area (Å²) in [6.45, 7) is 9.74. The van der Waals surface area contributed by atoms with Crippen LogP contribution in [0.1, 0.15) is 40.2 Å². The van der Waals surface area contributed by atoms with Gasteiger partial charge in [-0.05, 0) is 31.2 Å². The molecule has 0 saturated carbocycles. The lowest BCUT2D eigenvalue weighted by molar-refractivity contribution is -0.136. The molecule has 2 atom stereocenters. The van der Waals surface area contributed by atoms with E-state index in [1.807, 2.05) is 65.0 Å². The molecule has 1 aromatic rings. The maximum atomic E-state index is 12.1. The minimum atomic E-state index is -1.13. The van der Waals surface area contributed by atoms with Gasteiger partial charge in [-0.2, -0.15) is 0 Å². The first kappa shape index (κ1) is 17.5. The summed E-state index contributed by atoms with van der Waals surface area (Å²) < 4.78 is 0. The molecule has 4 heteroatoms. The van der Waals surface area contributed by atoms with Crippen LogP contribution in [0.5, 0.6) is 0 Å². The number of rotatable bonds is 4. The third-order valence-electron chi connectivity index (χ3n) is 7.35. The molecular weight excluding hydrogens is 316 g/mol. The third-order valence-corrected chi connectivity index (χ3v) is 7.35. The van der Waals surface area contributed by atoms with E-state index in [0.717, 1.165) is 16.7 Å². The Labute approximate surface area is 147 Å². The molecule has 0 saturated heterocycles. The van der Waals surface area contributed by atoms with E-state index in [0.29, 0.717) is 6.42 Å². The van der Waals surface area contributed by atoms with E-state index in [-0.39, 0.29) is 11.1 Å². The predicted molar refractivity (Wildman–Crippen MR) is 95.1 cm³/mol. The third kappa shape index (κ3) is 1.77. The van der Waals surface area contributed by atoms with Gasteiger partial charge in [0.15, 0.2) is 0 Å². The van der Waals surface area contributed by atoms with Gasteiger partial charge in [0.2, 0.25) is 0 Å². The molecule has 2 N–H and O–H groups in total. The predicted octanol–water partition coefficient (Wildman–Crippen LogP) is 4.08. The van der Waals surface area contributed by atoms with Crippen LogP contribution in [0.2, 0.25) is 0 Å². The van der Waals surface area contributed by atoms with Crippen molar-refractivity contribution < 1.29 is 19.8 Å². The van der Waals surface area contributed by atoms with Crippen LogP contribution in [0.25, 0.3) is 0 Å². The van der Waals surface area contributed by atoms with Crippen molar-refractivity contribution in [3.05, 3.63) is 58.2 Å². The molecule has 0 aromatic heterocycles. The van der Waals surface area contributed by atoms with E-state index in [1.165, 1.54) is 0 Å². The summed E-state index contributed by atoms with van der Waals surface area (Å²) in [5.41, 5.74) is 0.945. The van der Waals surface area contributed by atoms with E-state index >= 15 is 0 Å². The van der Waals surface area contributed by atoms with Gasteiger partial charge in [-0.3, -0.25) is 0 Å². The highest BCUT2D eigenvalue weighted by Crippen LogP contribution is 2.76. The van der Waals surface area contributed by atoms with E-state index in [1.54, 1.807) is 0 Å². The van der Waals surface area contributed by atoms with Crippen molar-refractivity contribution in [2.75, 3.05) is 0 Å². The molecule has 132 valence electrons. The fourth-order valence-corrected chi connectivity index (χ4v) is 5.50. The van der Waals surface area contributed by atoms with Gasteiger partial charge < -0.3 is 10.2 Å². The molecular formula is C21H24O4. The van der Waals surface area contributed by atoms with Gasteiger partial charge >= 0.3 is 11.9 Å². The highest BCUT2D eigenvalue weighted by atomic mass is 16.4. The lowest BCUT2D eigenvalue weighted by atomic mass is 9.56. The number of hydrogen-bond acceptors (Lipinski definition) is 2. The van der Waals surface area contributed by atoms with Crippen molar-refractivity contribution in [1.29, 1.82) is 0 Å². The first-order valence-electron chi connectivity index (χ1n) is 8.47. The van der Waals surface area contributed by atoms with Crippen molar-refractivity contribution in [2.24, 2.45) is 16.2 Å². The Morgan fingerprint density at radius 3 is 1.60 bits per heavy atom. The van der Waals surface area contributed by atoms with Crippen molar-refractivity contribution >= 4 is 11.9 Å². The lowest BCUT2D eigenvalue weighted by Gasteiger charge is -2.46. The van der Waals surface area contributed by atoms with Gasteiger partial charge in [-0.25, -0.2) is 9.59 Å². The van der Waals surface area contributed by atoms with Crippen molar-refractivity contribution in [2.45, 2.75) is 41.0 Å². The molecule has 4 nitrogen and oxygen atoms in total. The molecule has 2 bridgehead atoms. The topological polar surface area (TPSA) is 74.6 Å². The Morgan fingerprint density at radius 1 is 0.840 bits per heavy atom. The van der Waals surface area contributed by atoms with Crippen LogP contribution in [0, 0.1) is 16.2 Å². The van der Waals surface area contributed by atoms with Crippen molar-refractivity contribution in [1.82, 2.24) is 0 Å². The average Bonchev–Trinajstić information content (AvgIpc) is 2.77. The highest BCUT2D eigenvalue weighted by molar-refractivity contribution is 6.05. The second kappa shape index (κ2) is 5.07. The maximum absolute atomic E-state index is 12.1. The Balaban J connectivity index is 2.31. The van der Waals surface area contributed by atoms with Crippen molar-refractivity contribution in [3.8, 4) is 0 Å². The summed E-state index contributed by atoms with van der Waals surface area (Å²) in [7, 11) is 0. The van der Waals surface area contributed by atoms with Gasteiger partial charge in [0.05, 0.1) is 11.1 Å². The van der Waals surface area contributed by atoms with Gasteiger partial charge in [0.1, 0.15) is 0 Å². The zero-order valence-electron chi connectivity index (χ0n) is 15.3. The summed E-state index contributed by atoms with van der Waals surface area (Å²) >= 11 is 0. The minimum Gasteiger partial charge on any atom is -0.478 e. The summed E-state index contributed by atoms with van der Waals surface area (Å²) in [5.74, 6) is -2.26. The second-order valence-electron chi connectivity index (χ2n) is 7.85. The molecule has 2 aliphatic carbocycles. The fourth-order valence-electron chi connectivity index (χ4n) is 5.50. The normalized spacial score (nSPS) is 34.0. The van der Waals surface area contributed by atoms with Crippen LogP contribution in [0.4, 0.5) is 0 Å². The van der Waals surface area contributed by atoms with E-state index in [2.05, 4.69) is 0 Å². The van der Waals surface area contributed by atoms with Gasteiger partial charge in [0, 0.05) is 10.8 Å². The Hall–Kier alpha value is -2.36. The molecule has 3 rings (SSSR count). The lowest BCUT2D eigenvalue weighted by Crippen LogP contribution is -2.43. The number of benzene rings is 1. The first-order valence-corrected chi connectivity index (χ1v) is 8.47. The zero-order valence-corrected chi connectivity index (χ0v) is 15.3. The molecule has 0 fully saturated rings. The van der Waals surface area contributed by atoms with Crippen LogP contribution in [-0.2, 0) is 16.0 Å². The summed E-state index contributed by atoms with van der Waals surface area (Å²) in [6.07, 6.45) is 0.614. The Morgan fingerprint density at radius 2 is 1.24 bits per heavy atom. The Bertz CT molecular complexity index is 800. The van der Waals surface area contributed by atoms with Gasteiger partial charge in [0.25, 0.3) is 0 Å². The fraction of sp³-hybridized carbons (Fsp3) is 0.429. The number of aliphatic carboxylic acids is 2. The van der Waals surface area contributed by atoms with Crippen LogP contribution in [0.3, 0.4) is 0 Å². The van der Waals surface area contributed by atoms with E-state index in [9.17, 15) is 19.8 Å². The molecule has 0 heterocycles. The average molecular weight is 340 g/mol. The summed E-state index contributed by atoms with van der Waals surface area (Å²) in [4.78, 5) is 24.2.